The summed E-state index contributed by atoms with van der Waals surface area (Å²) in [6.07, 6.45) is 0.558. The molecule has 4 aromatic rings. The lowest BCUT2D eigenvalue weighted by molar-refractivity contribution is -0.137. The molecule has 0 saturated carbocycles. The van der Waals surface area contributed by atoms with E-state index in [1.165, 1.54) is 36.3 Å². The summed E-state index contributed by atoms with van der Waals surface area (Å²) in [4.78, 5) is 27.8. The average molecular weight is 510 g/mol. The van der Waals surface area contributed by atoms with E-state index in [0.29, 0.717) is 28.6 Å². The van der Waals surface area contributed by atoms with Gasteiger partial charge in [-0.15, -0.1) is 0 Å². The number of benzene rings is 2. The van der Waals surface area contributed by atoms with Crippen LogP contribution in [0.5, 0.6) is 11.5 Å². The average Bonchev–Trinajstić information content (AvgIpc) is 2.86. The second-order valence-electron chi connectivity index (χ2n) is 7.72. The lowest BCUT2D eigenvalue weighted by Gasteiger charge is -2.12. The summed E-state index contributed by atoms with van der Waals surface area (Å²) < 4.78 is 44.4. The summed E-state index contributed by atoms with van der Waals surface area (Å²) in [6.45, 7) is 1.76. The number of alkyl halides is 3. The van der Waals surface area contributed by atoms with Crippen molar-refractivity contribution in [2.24, 2.45) is 0 Å². The molecule has 0 saturated heterocycles. The van der Waals surface area contributed by atoms with Crippen molar-refractivity contribution < 1.29 is 17.9 Å². The molecule has 36 heavy (non-hydrogen) atoms. The first kappa shape index (κ1) is 24.9. The topological polar surface area (TPSA) is 105 Å². The summed E-state index contributed by atoms with van der Waals surface area (Å²) in [6, 6.07) is 11.3. The Hall–Kier alpha value is -4.17. The summed E-state index contributed by atoms with van der Waals surface area (Å²) in [5, 5.41) is 9.95. The van der Waals surface area contributed by atoms with Gasteiger partial charge in [-0.1, -0.05) is 23.9 Å². The van der Waals surface area contributed by atoms with Crippen LogP contribution in [0.4, 0.5) is 13.2 Å². The van der Waals surface area contributed by atoms with Crippen LogP contribution in [-0.2, 0) is 18.3 Å². The Morgan fingerprint density at radius 3 is 2.58 bits per heavy atom. The van der Waals surface area contributed by atoms with Gasteiger partial charge in [0, 0.05) is 35.8 Å². The minimum atomic E-state index is -4.50. The number of ether oxygens (including phenoxy) is 1. The van der Waals surface area contributed by atoms with E-state index < -0.39 is 11.7 Å². The van der Waals surface area contributed by atoms with Crippen molar-refractivity contribution in [3.05, 3.63) is 105 Å². The highest BCUT2D eigenvalue weighted by atomic mass is 32.2. The van der Waals surface area contributed by atoms with E-state index in [1.54, 1.807) is 31.5 Å². The molecule has 0 unspecified atom stereocenters. The standard InChI is InChI=1S/C25H18F3N5O2S/c1-15-21(8-17-11-30-14-31-12-17)23(34)33-24(32-15)36-13-16-5-6-22(18(7-16)10-29)35-20-4-2-3-19(9-20)25(26,27)28/h2-7,9,11-12,14H,8,13H2,1H3,(H,32,33,34). The molecule has 0 atom stereocenters. The van der Waals surface area contributed by atoms with Gasteiger partial charge in [-0.3, -0.25) is 4.79 Å². The monoisotopic (exact) mass is 509 g/mol. The molecule has 0 bridgehead atoms. The molecule has 0 spiro atoms. The Kier molecular flexibility index (Phi) is 7.36. The summed E-state index contributed by atoms with van der Waals surface area (Å²) in [5.41, 5.74) is 1.74. The van der Waals surface area contributed by atoms with Crippen molar-refractivity contribution >= 4 is 11.8 Å². The molecule has 0 fully saturated rings. The van der Waals surface area contributed by atoms with E-state index in [4.69, 9.17) is 4.74 Å². The fourth-order valence-electron chi connectivity index (χ4n) is 3.34. The molecule has 0 radical (unpaired) electrons. The molecule has 1 N–H and O–H groups in total. The number of nitrogens with one attached hydrogen (secondary N) is 1. The molecule has 2 aromatic carbocycles. The maximum absolute atomic E-state index is 13.0. The minimum Gasteiger partial charge on any atom is -0.456 e. The number of nitrogens with zero attached hydrogens (tertiary/aromatic N) is 4. The predicted molar refractivity (Wildman–Crippen MR) is 127 cm³/mol. The van der Waals surface area contributed by atoms with Gasteiger partial charge in [0.1, 0.15) is 23.9 Å². The first-order valence-corrected chi connectivity index (χ1v) is 11.6. The van der Waals surface area contributed by atoms with Gasteiger partial charge in [-0.25, -0.2) is 15.0 Å². The van der Waals surface area contributed by atoms with Crippen molar-refractivity contribution in [1.29, 1.82) is 5.26 Å². The minimum absolute atomic E-state index is 0.0251. The summed E-state index contributed by atoms with van der Waals surface area (Å²) in [5.74, 6) is 0.511. The van der Waals surface area contributed by atoms with E-state index in [2.05, 4.69) is 19.9 Å². The Morgan fingerprint density at radius 2 is 1.89 bits per heavy atom. The van der Waals surface area contributed by atoms with Crippen LogP contribution in [0.15, 0.2) is 71.1 Å². The van der Waals surface area contributed by atoms with Gasteiger partial charge in [-0.05, 0) is 48.4 Å². The lowest BCUT2D eigenvalue weighted by atomic mass is 10.1. The molecule has 2 aromatic heterocycles. The summed E-state index contributed by atoms with van der Waals surface area (Å²) >= 11 is 1.28. The van der Waals surface area contributed by atoms with Crippen LogP contribution in [0, 0.1) is 18.3 Å². The second kappa shape index (κ2) is 10.6. The molecule has 2 heterocycles. The van der Waals surface area contributed by atoms with Crippen LogP contribution < -0.4 is 10.3 Å². The molecular formula is C25H18F3N5O2S. The number of aromatic amines is 1. The van der Waals surface area contributed by atoms with E-state index in [1.807, 2.05) is 6.07 Å². The molecular weight excluding hydrogens is 491 g/mol. The van der Waals surface area contributed by atoms with Crippen molar-refractivity contribution in [2.45, 2.75) is 30.4 Å². The van der Waals surface area contributed by atoms with Gasteiger partial charge in [0.25, 0.3) is 5.56 Å². The van der Waals surface area contributed by atoms with Gasteiger partial charge in [0.2, 0.25) is 0 Å². The fraction of sp³-hybridized carbons (Fsp3) is 0.160. The van der Waals surface area contributed by atoms with Crippen LogP contribution in [0.3, 0.4) is 0 Å². The quantitative estimate of drug-likeness (QED) is 0.261. The van der Waals surface area contributed by atoms with Crippen molar-refractivity contribution in [3.8, 4) is 17.6 Å². The number of hydrogen-bond acceptors (Lipinski definition) is 7. The van der Waals surface area contributed by atoms with Gasteiger partial charge in [0.05, 0.1) is 11.1 Å². The normalized spacial score (nSPS) is 11.2. The first-order chi connectivity index (χ1) is 17.2. The molecule has 0 aliphatic carbocycles. The molecule has 7 nitrogen and oxygen atoms in total. The second-order valence-corrected chi connectivity index (χ2v) is 8.68. The van der Waals surface area contributed by atoms with E-state index in [9.17, 15) is 23.2 Å². The first-order valence-electron chi connectivity index (χ1n) is 10.6. The van der Waals surface area contributed by atoms with Crippen molar-refractivity contribution in [3.63, 3.8) is 0 Å². The molecule has 0 amide bonds. The molecule has 11 heteroatoms. The third-order valence-electron chi connectivity index (χ3n) is 5.12. The molecule has 0 aliphatic rings. The van der Waals surface area contributed by atoms with Gasteiger partial charge in [-0.2, -0.15) is 18.4 Å². The highest BCUT2D eigenvalue weighted by Crippen LogP contribution is 2.34. The Balaban J connectivity index is 1.46. The van der Waals surface area contributed by atoms with Crippen LogP contribution in [0.25, 0.3) is 0 Å². The van der Waals surface area contributed by atoms with Crippen molar-refractivity contribution in [1.82, 2.24) is 19.9 Å². The highest BCUT2D eigenvalue weighted by Gasteiger charge is 2.30. The molecule has 4 rings (SSSR count). The van der Waals surface area contributed by atoms with Gasteiger partial charge < -0.3 is 9.72 Å². The largest absolute Gasteiger partial charge is 0.456 e. The number of aromatic nitrogens is 4. The van der Waals surface area contributed by atoms with Crippen molar-refractivity contribution in [2.75, 3.05) is 0 Å². The van der Waals surface area contributed by atoms with E-state index in [-0.39, 0.29) is 22.6 Å². The van der Waals surface area contributed by atoms with Gasteiger partial charge >= 0.3 is 6.18 Å². The zero-order valence-corrected chi connectivity index (χ0v) is 19.7. The third kappa shape index (κ3) is 6.09. The van der Waals surface area contributed by atoms with Crippen LogP contribution in [-0.4, -0.2) is 19.9 Å². The van der Waals surface area contributed by atoms with Crippen LogP contribution >= 0.6 is 11.8 Å². The number of thioether (sulfide) groups is 1. The Morgan fingerprint density at radius 1 is 1.11 bits per heavy atom. The number of hydrogen-bond donors (Lipinski definition) is 1. The van der Waals surface area contributed by atoms with E-state index in [0.717, 1.165) is 23.3 Å². The van der Waals surface area contributed by atoms with Gasteiger partial charge in [0.15, 0.2) is 5.16 Å². The highest BCUT2D eigenvalue weighted by molar-refractivity contribution is 7.98. The number of rotatable bonds is 7. The number of nitriles is 1. The third-order valence-corrected chi connectivity index (χ3v) is 6.07. The maximum atomic E-state index is 13.0. The Labute approximate surface area is 208 Å². The maximum Gasteiger partial charge on any atom is 0.416 e. The number of aryl methyl sites for hydroxylation is 1. The predicted octanol–water partition coefficient (Wildman–Crippen LogP) is 5.43. The van der Waals surface area contributed by atoms with Crippen LogP contribution in [0.2, 0.25) is 0 Å². The lowest BCUT2D eigenvalue weighted by Crippen LogP contribution is -2.17. The molecule has 182 valence electrons. The molecule has 0 aliphatic heterocycles. The van der Waals surface area contributed by atoms with Crippen LogP contribution in [0.1, 0.15) is 33.5 Å². The Bertz CT molecular complexity index is 1480. The number of H-pyrrole nitrogens is 1. The zero-order chi connectivity index (χ0) is 25.7. The van der Waals surface area contributed by atoms with E-state index >= 15 is 0 Å². The SMILES string of the molecule is Cc1nc(SCc2ccc(Oc3cccc(C(F)(F)F)c3)c(C#N)c2)[nH]c(=O)c1Cc1cncnc1. The number of halogens is 3. The fourth-order valence-corrected chi connectivity index (χ4v) is 4.19. The zero-order valence-electron chi connectivity index (χ0n) is 18.8. The summed E-state index contributed by atoms with van der Waals surface area (Å²) in [7, 11) is 0. The smallest absolute Gasteiger partial charge is 0.416 e.